The molecule has 0 rings (SSSR count). The summed E-state index contributed by atoms with van der Waals surface area (Å²) in [6.45, 7) is 3.70. The lowest BCUT2D eigenvalue weighted by molar-refractivity contribution is -0.139. The molecule has 0 heterocycles. The van der Waals surface area contributed by atoms with Gasteiger partial charge in [-0.2, -0.15) is 0 Å². The van der Waals surface area contributed by atoms with Crippen molar-refractivity contribution in [2.24, 2.45) is 5.92 Å². The van der Waals surface area contributed by atoms with Gasteiger partial charge < -0.3 is 15.1 Å². The fourth-order valence-corrected chi connectivity index (χ4v) is 1.05. The van der Waals surface area contributed by atoms with E-state index in [4.69, 9.17) is 10.2 Å². The number of carboxylic acids is 1. The lowest BCUT2D eigenvalue weighted by Gasteiger charge is -2.22. The van der Waals surface area contributed by atoms with Crippen LogP contribution in [0.5, 0.6) is 0 Å². The molecule has 0 atom stereocenters. The normalized spacial score (nSPS) is 10.3. The van der Waals surface area contributed by atoms with Crippen LogP contribution in [-0.4, -0.2) is 46.7 Å². The molecule has 0 saturated heterocycles. The molecule has 0 saturated carbocycles. The molecule has 0 aliphatic carbocycles. The largest absolute Gasteiger partial charge is 0.481 e. The number of hydrogen-bond donors (Lipinski definition) is 2. The number of hydrogen-bond acceptors (Lipinski definition) is 3. The zero-order chi connectivity index (χ0) is 11.1. The second-order valence-corrected chi connectivity index (χ2v) is 3.35. The van der Waals surface area contributed by atoms with Crippen molar-refractivity contribution < 1.29 is 19.8 Å². The minimum Gasteiger partial charge on any atom is -0.481 e. The zero-order valence-electron chi connectivity index (χ0n) is 8.56. The number of carbonyl (C=O) groups is 2. The van der Waals surface area contributed by atoms with Gasteiger partial charge in [0.25, 0.3) is 0 Å². The fraction of sp³-hybridized carbons (Fsp3) is 0.778. The smallest absolute Gasteiger partial charge is 0.305 e. The van der Waals surface area contributed by atoms with E-state index in [1.54, 1.807) is 13.8 Å². The van der Waals surface area contributed by atoms with Crippen molar-refractivity contribution in [3.05, 3.63) is 0 Å². The first kappa shape index (κ1) is 12.9. The summed E-state index contributed by atoms with van der Waals surface area (Å²) in [5.74, 6) is -1.24. The summed E-state index contributed by atoms with van der Waals surface area (Å²) in [6, 6.07) is 0. The highest BCUT2D eigenvalue weighted by atomic mass is 16.4. The third-order valence-corrected chi connectivity index (χ3v) is 1.77. The Morgan fingerprint density at radius 2 is 1.86 bits per heavy atom. The predicted molar refractivity (Wildman–Crippen MR) is 50.8 cm³/mol. The Morgan fingerprint density at radius 1 is 1.29 bits per heavy atom. The Bertz CT molecular complexity index is 203. The molecule has 0 radical (unpaired) electrons. The average molecular weight is 203 g/mol. The van der Waals surface area contributed by atoms with Crippen molar-refractivity contribution in [2.75, 3.05) is 19.7 Å². The zero-order valence-corrected chi connectivity index (χ0v) is 8.56. The van der Waals surface area contributed by atoms with Gasteiger partial charge in [-0.1, -0.05) is 13.8 Å². The molecule has 1 amide bonds. The number of rotatable bonds is 6. The average Bonchev–Trinajstić information content (AvgIpc) is 2.10. The van der Waals surface area contributed by atoms with Crippen molar-refractivity contribution in [3.63, 3.8) is 0 Å². The summed E-state index contributed by atoms with van der Waals surface area (Å²) in [5.41, 5.74) is 0. The quantitative estimate of drug-likeness (QED) is 0.634. The Balaban J connectivity index is 4.14. The van der Waals surface area contributed by atoms with Gasteiger partial charge in [-0.15, -0.1) is 0 Å². The van der Waals surface area contributed by atoms with Crippen molar-refractivity contribution >= 4 is 11.9 Å². The van der Waals surface area contributed by atoms with Crippen molar-refractivity contribution in [1.82, 2.24) is 4.90 Å². The number of aliphatic hydroxyl groups excluding tert-OH is 1. The summed E-state index contributed by atoms with van der Waals surface area (Å²) < 4.78 is 0. The van der Waals surface area contributed by atoms with Gasteiger partial charge in [-0.3, -0.25) is 9.59 Å². The number of aliphatic hydroxyl groups is 1. The van der Waals surface area contributed by atoms with Gasteiger partial charge in [0, 0.05) is 19.0 Å². The van der Waals surface area contributed by atoms with Crippen LogP contribution in [0.1, 0.15) is 20.3 Å². The molecule has 0 spiro atoms. The summed E-state index contributed by atoms with van der Waals surface area (Å²) in [4.78, 5) is 23.1. The molecule has 82 valence electrons. The van der Waals surface area contributed by atoms with Gasteiger partial charge in [0.1, 0.15) is 0 Å². The maximum absolute atomic E-state index is 11.5. The third-order valence-electron chi connectivity index (χ3n) is 1.77. The fourth-order valence-electron chi connectivity index (χ4n) is 1.05. The molecule has 14 heavy (non-hydrogen) atoms. The van der Waals surface area contributed by atoms with Gasteiger partial charge >= 0.3 is 5.97 Å². The van der Waals surface area contributed by atoms with E-state index in [0.29, 0.717) is 0 Å². The lowest BCUT2D eigenvalue weighted by Crippen LogP contribution is -2.37. The maximum Gasteiger partial charge on any atom is 0.305 e. The highest BCUT2D eigenvalue weighted by Gasteiger charge is 2.16. The molecule has 5 heteroatoms. The minimum atomic E-state index is -0.940. The predicted octanol–water partition coefficient (Wildman–Crippen LogP) is -0.0620. The van der Waals surface area contributed by atoms with Crippen molar-refractivity contribution in [3.8, 4) is 0 Å². The molecular weight excluding hydrogens is 186 g/mol. The van der Waals surface area contributed by atoms with Gasteiger partial charge in [0.05, 0.1) is 13.0 Å². The molecule has 0 aromatic carbocycles. The highest BCUT2D eigenvalue weighted by molar-refractivity contribution is 5.78. The van der Waals surface area contributed by atoms with Gasteiger partial charge in [0.2, 0.25) is 5.91 Å². The number of aliphatic carboxylic acids is 1. The number of amides is 1. The standard InChI is InChI=1S/C9H17NO4/c1-7(2)9(14)10(5-6-11)4-3-8(12)13/h7,11H,3-6H2,1-2H3,(H,12,13). The molecule has 0 aliphatic heterocycles. The number of carbonyl (C=O) groups excluding carboxylic acids is 1. The van der Waals surface area contributed by atoms with Gasteiger partial charge in [-0.05, 0) is 0 Å². The molecule has 0 aliphatic rings. The third kappa shape index (κ3) is 4.81. The number of carboxylic acid groups (broad SMARTS) is 1. The van der Waals surface area contributed by atoms with Gasteiger partial charge in [-0.25, -0.2) is 0 Å². The minimum absolute atomic E-state index is 0.0849. The van der Waals surface area contributed by atoms with Crippen LogP contribution in [0.15, 0.2) is 0 Å². The maximum atomic E-state index is 11.5. The SMILES string of the molecule is CC(C)C(=O)N(CCO)CCC(=O)O. The van der Waals surface area contributed by atoms with Crippen molar-refractivity contribution in [2.45, 2.75) is 20.3 Å². The molecule has 0 aromatic heterocycles. The van der Waals surface area contributed by atoms with E-state index in [-0.39, 0.29) is 37.9 Å². The molecule has 0 bridgehead atoms. The van der Waals surface area contributed by atoms with Crippen LogP contribution in [0.25, 0.3) is 0 Å². The first-order chi connectivity index (χ1) is 6.49. The Kier molecular flexibility index (Phi) is 5.87. The summed E-state index contributed by atoms with van der Waals surface area (Å²) in [5, 5.41) is 17.1. The van der Waals surface area contributed by atoms with E-state index in [0.717, 1.165) is 0 Å². The topological polar surface area (TPSA) is 77.8 Å². The summed E-state index contributed by atoms with van der Waals surface area (Å²) >= 11 is 0. The van der Waals surface area contributed by atoms with Crippen LogP contribution in [0.3, 0.4) is 0 Å². The van der Waals surface area contributed by atoms with E-state index in [2.05, 4.69) is 0 Å². The summed E-state index contributed by atoms with van der Waals surface area (Å²) in [7, 11) is 0. The first-order valence-electron chi connectivity index (χ1n) is 4.60. The van der Waals surface area contributed by atoms with Crippen LogP contribution in [-0.2, 0) is 9.59 Å². The summed E-state index contributed by atoms with van der Waals surface area (Å²) in [6.07, 6.45) is -0.0849. The van der Waals surface area contributed by atoms with E-state index in [9.17, 15) is 9.59 Å². The van der Waals surface area contributed by atoms with Gasteiger partial charge in [0.15, 0.2) is 0 Å². The molecule has 0 aromatic rings. The van der Waals surface area contributed by atoms with Crippen molar-refractivity contribution in [1.29, 1.82) is 0 Å². The highest BCUT2D eigenvalue weighted by Crippen LogP contribution is 2.02. The Morgan fingerprint density at radius 3 is 2.21 bits per heavy atom. The molecule has 5 nitrogen and oxygen atoms in total. The van der Waals surface area contributed by atoms with Crippen LogP contribution in [0.4, 0.5) is 0 Å². The van der Waals surface area contributed by atoms with E-state index >= 15 is 0 Å². The van der Waals surface area contributed by atoms with Crippen LogP contribution >= 0.6 is 0 Å². The van der Waals surface area contributed by atoms with E-state index in [1.165, 1.54) is 4.90 Å². The molecule has 0 unspecified atom stereocenters. The van der Waals surface area contributed by atoms with E-state index in [1.807, 2.05) is 0 Å². The lowest BCUT2D eigenvalue weighted by atomic mass is 10.2. The first-order valence-corrected chi connectivity index (χ1v) is 4.60. The molecular formula is C9H17NO4. The Hall–Kier alpha value is -1.10. The Labute approximate surface area is 83.3 Å². The molecule has 2 N–H and O–H groups in total. The second kappa shape index (κ2) is 6.37. The van der Waals surface area contributed by atoms with E-state index < -0.39 is 5.97 Å². The number of nitrogens with zero attached hydrogens (tertiary/aromatic N) is 1. The van der Waals surface area contributed by atoms with Crippen LogP contribution in [0, 0.1) is 5.92 Å². The monoisotopic (exact) mass is 203 g/mol. The molecule has 0 fully saturated rings. The second-order valence-electron chi connectivity index (χ2n) is 3.35. The van der Waals surface area contributed by atoms with Crippen LogP contribution in [0.2, 0.25) is 0 Å². The van der Waals surface area contributed by atoms with Crippen LogP contribution < -0.4 is 0 Å².